The predicted octanol–water partition coefficient (Wildman–Crippen LogP) is 0.112. The minimum atomic E-state index is -1.79. The molecule has 290 valence electrons. The number of halogens is 1. The van der Waals surface area contributed by atoms with Gasteiger partial charge in [0.05, 0.1) is 37.6 Å². The number of nitrogen functional groups attached to an aromatic ring is 1. The van der Waals surface area contributed by atoms with Gasteiger partial charge < -0.3 is 51.1 Å². The number of anilines is 1. The van der Waals surface area contributed by atoms with E-state index in [1.165, 1.54) is 28.1 Å². The second-order valence-electron chi connectivity index (χ2n) is 13.0. The van der Waals surface area contributed by atoms with Gasteiger partial charge in [0.25, 0.3) is 17.7 Å². The molecular weight excluding hydrogens is 774 g/mol. The highest BCUT2D eigenvalue weighted by Gasteiger charge is 2.55. The van der Waals surface area contributed by atoms with E-state index < -0.39 is 70.9 Å². The molecule has 2 aromatic rings. The number of thiazole rings is 1. The number of nitrogens with zero attached hydrogens (tertiary/aromatic N) is 4. The summed E-state index contributed by atoms with van der Waals surface area (Å²) in [6, 6.07) is 0.259. The van der Waals surface area contributed by atoms with E-state index in [0.717, 1.165) is 37.3 Å². The van der Waals surface area contributed by atoms with Crippen LogP contribution in [0.1, 0.15) is 40.9 Å². The summed E-state index contributed by atoms with van der Waals surface area (Å²) in [5.41, 5.74) is 6.57. The highest BCUT2D eigenvalue weighted by Crippen LogP contribution is 2.42. The van der Waals surface area contributed by atoms with Crippen LogP contribution in [0.4, 0.5) is 5.13 Å². The summed E-state index contributed by atoms with van der Waals surface area (Å²) in [6.45, 7) is 3.34. The summed E-state index contributed by atoms with van der Waals surface area (Å²) >= 11 is 8.64. The smallest absolute Gasteiger partial charge is 0.352 e. The number of amides is 3. The lowest BCUT2D eigenvalue weighted by molar-refractivity contribution is -0.911. The van der Waals surface area contributed by atoms with E-state index in [1.54, 1.807) is 4.90 Å². The number of hydrogen-bond acceptors (Lipinski definition) is 14. The van der Waals surface area contributed by atoms with Crippen LogP contribution in [0, 0.1) is 5.41 Å². The number of carboxylic acids is 3. The number of nitrogens with one attached hydrogen (secondary N) is 2. The van der Waals surface area contributed by atoms with Crippen molar-refractivity contribution < 1.29 is 63.9 Å². The number of fused-ring (bicyclic) bond motifs is 2. The summed E-state index contributed by atoms with van der Waals surface area (Å²) in [4.78, 5) is 78.0. The normalized spacial score (nSPS) is 20.6. The number of thioether (sulfide) groups is 1. The molecule has 22 heteroatoms. The minimum Gasteiger partial charge on any atom is -0.504 e. The molecule has 0 bridgehead atoms. The zero-order chi connectivity index (χ0) is 39.6. The summed E-state index contributed by atoms with van der Waals surface area (Å²) in [7, 11) is 0. The monoisotopic (exact) mass is 810 g/mol. The van der Waals surface area contributed by atoms with E-state index in [0.29, 0.717) is 54.0 Å². The number of aromatic hydroxyl groups is 2. The standard InChI is InChI=1S/C28H30ClN7O7S2.C4H6O5/c29-18-14-3-4-34(24(40)15(14)9-17(37)22(18)38)5-8-36(6-1-2-7-36)10-13-11-44-26-20(25(41)35(26)21(13)27(42)43)33-23(39)19(30)16-12-45-28(31)32-16;5-2(4(8)9)1-3(6)7/h9,12,20,26H,1-8,10-11H2,(H6-,30,31,32,33,37,38,39,40,42,43);2,5H,1H2,(H,6,7)(H,8,9)/p+1/t20-,26-;2-/m10/s1. The Labute approximate surface area is 319 Å². The van der Waals surface area contributed by atoms with Crippen molar-refractivity contribution in [3.05, 3.63) is 44.6 Å². The lowest BCUT2D eigenvalue weighted by Crippen LogP contribution is -2.71. The topological polar surface area (TPSA) is 305 Å². The number of benzene rings is 1. The number of rotatable bonds is 12. The average Bonchev–Trinajstić information content (AvgIpc) is 3.78. The lowest BCUT2D eigenvalue weighted by atomic mass is 9.97. The molecular formula is C32H37ClN7O12S2+. The van der Waals surface area contributed by atoms with Crippen LogP contribution in [0.3, 0.4) is 0 Å². The second kappa shape index (κ2) is 16.2. The number of phenolic OH excluding ortho intramolecular Hbond substituents is 2. The van der Waals surface area contributed by atoms with Crippen molar-refractivity contribution in [3.63, 3.8) is 0 Å². The van der Waals surface area contributed by atoms with Gasteiger partial charge in [0.2, 0.25) is 0 Å². The summed E-state index contributed by atoms with van der Waals surface area (Å²) in [6.07, 6.45) is -0.236. The number of aliphatic hydroxyl groups excluding tert-OH is 1. The molecule has 3 atom stereocenters. The number of nitrogens with two attached hydrogens (primary N) is 1. The van der Waals surface area contributed by atoms with Crippen molar-refractivity contribution in [2.24, 2.45) is 0 Å². The molecule has 54 heavy (non-hydrogen) atoms. The zero-order valence-electron chi connectivity index (χ0n) is 28.4. The van der Waals surface area contributed by atoms with E-state index in [-0.39, 0.29) is 33.0 Å². The van der Waals surface area contributed by atoms with Crippen LogP contribution in [0.5, 0.6) is 11.5 Å². The molecule has 0 radical (unpaired) electrons. The molecule has 10 N–H and O–H groups in total. The molecule has 3 amide bonds. The number of aliphatic hydroxyl groups is 1. The molecule has 1 aromatic heterocycles. The van der Waals surface area contributed by atoms with E-state index in [2.05, 4.69) is 10.3 Å². The number of likely N-dealkylation sites (tertiary alicyclic amines) is 1. The summed E-state index contributed by atoms with van der Waals surface area (Å²) in [5, 5.41) is 66.1. The molecule has 0 spiro atoms. The van der Waals surface area contributed by atoms with Crippen LogP contribution in [-0.2, 0) is 30.4 Å². The largest absolute Gasteiger partial charge is 0.504 e. The van der Waals surface area contributed by atoms with Crippen LogP contribution in [-0.4, -0.2) is 154 Å². The quantitative estimate of drug-likeness (QED) is 0.0595. The molecule has 2 saturated heterocycles. The van der Waals surface area contributed by atoms with Crippen molar-refractivity contribution in [1.29, 1.82) is 5.41 Å². The van der Waals surface area contributed by atoms with Crippen molar-refractivity contribution in [2.75, 3.05) is 50.8 Å². The number of phenols is 2. The fourth-order valence-corrected chi connectivity index (χ4v) is 9.01. The van der Waals surface area contributed by atoms with Gasteiger partial charge in [-0.15, -0.1) is 23.1 Å². The molecule has 0 aliphatic carbocycles. The maximum atomic E-state index is 13.3. The van der Waals surface area contributed by atoms with Crippen LogP contribution >= 0.6 is 34.7 Å². The molecule has 4 aliphatic rings. The Hall–Kier alpha value is -4.96. The number of carbonyl (C=O) groups excluding carboxylic acids is 3. The Morgan fingerprint density at radius 2 is 1.83 bits per heavy atom. The molecule has 5 heterocycles. The zero-order valence-corrected chi connectivity index (χ0v) is 30.7. The first-order valence-electron chi connectivity index (χ1n) is 16.5. The maximum absolute atomic E-state index is 13.3. The average molecular weight is 811 g/mol. The first-order chi connectivity index (χ1) is 25.4. The van der Waals surface area contributed by atoms with Gasteiger partial charge in [-0.3, -0.25) is 29.5 Å². The summed E-state index contributed by atoms with van der Waals surface area (Å²) < 4.78 is 0.561. The van der Waals surface area contributed by atoms with Crippen molar-refractivity contribution in [1.82, 2.24) is 20.1 Å². The summed E-state index contributed by atoms with van der Waals surface area (Å²) in [5.74, 6) is -6.26. The number of aliphatic carboxylic acids is 3. The molecule has 0 saturated carbocycles. The van der Waals surface area contributed by atoms with Gasteiger partial charge in [-0.2, -0.15) is 0 Å². The molecule has 2 fully saturated rings. The Morgan fingerprint density at radius 1 is 1.15 bits per heavy atom. The lowest BCUT2D eigenvalue weighted by Gasteiger charge is -2.50. The second-order valence-corrected chi connectivity index (χ2v) is 15.4. The number of carboxylic acid groups (broad SMARTS) is 3. The van der Waals surface area contributed by atoms with Crippen molar-refractivity contribution in [2.45, 2.75) is 43.2 Å². The predicted molar refractivity (Wildman–Crippen MR) is 192 cm³/mol. The van der Waals surface area contributed by atoms with E-state index >= 15 is 0 Å². The molecule has 0 unspecified atom stereocenters. The van der Waals surface area contributed by atoms with Crippen LogP contribution < -0.4 is 11.1 Å². The third-order valence-corrected chi connectivity index (χ3v) is 12.0. The number of aromatic nitrogens is 1. The van der Waals surface area contributed by atoms with E-state index in [4.69, 9.17) is 38.1 Å². The number of carbonyl (C=O) groups is 6. The molecule has 1 aromatic carbocycles. The van der Waals surface area contributed by atoms with Gasteiger partial charge >= 0.3 is 17.9 Å². The van der Waals surface area contributed by atoms with Gasteiger partial charge in [0.15, 0.2) is 22.7 Å². The van der Waals surface area contributed by atoms with Crippen molar-refractivity contribution in [3.8, 4) is 11.5 Å². The van der Waals surface area contributed by atoms with Crippen LogP contribution in [0.2, 0.25) is 5.02 Å². The van der Waals surface area contributed by atoms with Crippen LogP contribution in [0.15, 0.2) is 22.7 Å². The highest BCUT2D eigenvalue weighted by atomic mass is 35.5. The Bertz CT molecular complexity index is 1950. The number of quaternary nitrogens is 1. The first kappa shape index (κ1) is 40.2. The Kier molecular flexibility index (Phi) is 12.1. The van der Waals surface area contributed by atoms with Gasteiger partial charge in [-0.25, -0.2) is 14.6 Å². The minimum absolute atomic E-state index is 0.0208. The van der Waals surface area contributed by atoms with Crippen molar-refractivity contribution >= 4 is 81.2 Å². The van der Waals surface area contributed by atoms with Crippen LogP contribution in [0.25, 0.3) is 0 Å². The first-order valence-corrected chi connectivity index (χ1v) is 18.8. The van der Waals surface area contributed by atoms with E-state index in [1.807, 2.05) is 0 Å². The molecule has 19 nitrogen and oxygen atoms in total. The highest BCUT2D eigenvalue weighted by molar-refractivity contribution is 8.00. The van der Waals surface area contributed by atoms with Gasteiger partial charge in [-0.05, 0) is 18.1 Å². The number of hydrogen-bond donors (Lipinski definition) is 9. The molecule has 6 rings (SSSR count). The molecule has 4 aliphatic heterocycles. The Morgan fingerprint density at radius 3 is 2.41 bits per heavy atom. The third-order valence-electron chi connectivity index (χ3n) is 9.55. The van der Waals surface area contributed by atoms with Gasteiger partial charge in [0.1, 0.15) is 35.1 Å². The SMILES string of the molecule is N=C(C(=O)N[C@@H]1C(=O)N2C(C(=O)O)=C(C[N+]3(CCN4CCc5c(cc(O)c(O)c5Cl)C4=O)CCCC3)CS[C@H]12)c1csc(N)n1.O=C(O)C[C@H](O)C(=O)O. The fourth-order valence-electron chi connectivity index (χ4n) is 6.83. The maximum Gasteiger partial charge on any atom is 0.352 e. The van der Waals surface area contributed by atoms with E-state index in [9.17, 15) is 44.1 Å². The fraction of sp³-hybridized carbons (Fsp3) is 0.438. The third kappa shape index (κ3) is 8.23. The van der Waals surface area contributed by atoms with Gasteiger partial charge in [0, 0.05) is 41.7 Å². The Balaban J connectivity index is 0.000000554. The van der Waals surface area contributed by atoms with Gasteiger partial charge in [-0.1, -0.05) is 11.6 Å². The number of β-lactam (4-membered cyclic amide) rings is 1.